The van der Waals surface area contributed by atoms with Gasteiger partial charge in [0.1, 0.15) is 5.82 Å². The number of sulfonamides is 1. The van der Waals surface area contributed by atoms with Crippen LogP contribution in [0, 0.1) is 5.82 Å². The number of benzene rings is 3. The molecule has 0 aliphatic rings. The van der Waals surface area contributed by atoms with Gasteiger partial charge in [-0.1, -0.05) is 35.3 Å². The largest absolute Gasteiger partial charge is 0.298 e. The van der Waals surface area contributed by atoms with Crippen LogP contribution in [0.3, 0.4) is 0 Å². The van der Waals surface area contributed by atoms with Crippen LogP contribution >= 0.6 is 34.5 Å². The Morgan fingerprint density at radius 3 is 2.45 bits per heavy atom. The second-order valence-electron chi connectivity index (χ2n) is 6.76. The third-order valence-electron chi connectivity index (χ3n) is 4.44. The average Bonchev–Trinajstić information content (AvgIpc) is 3.24. The number of carbonyl (C=O) groups excluding carboxylic acids is 1. The fraction of sp³-hybridized carbons (Fsp3) is 0. The summed E-state index contributed by atoms with van der Waals surface area (Å²) in [6.45, 7) is 0. The number of aromatic nitrogens is 1. The van der Waals surface area contributed by atoms with Gasteiger partial charge in [0.05, 0.1) is 20.6 Å². The molecule has 168 valence electrons. The number of hydrogen-bond donors (Lipinski definition) is 2. The van der Waals surface area contributed by atoms with E-state index in [2.05, 4.69) is 15.0 Å². The highest BCUT2D eigenvalue weighted by Crippen LogP contribution is 2.30. The smallest absolute Gasteiger partial charge is 0.261 e. The Bertz CT molecular complexity index is 1440. The topological polar surface area (TPSA) is 88.2 Å². The fourth-order valence-corrected chi connectivity index (χ4v) is 4.90. The second kappa shape index (κ2) is 9.48. The number of carbonyl (C=O) groups is 1. The predicted octanol–water partition coefficient (Wildman–Crippen LogP) is 6.31. The maximum absolute atomic E-state index is 13.1. The maximum Gasteiger partial charge on any atom is 0.261 e. The molecule has 1 aromatic heterocycles. The number of rotatable bonds is 6. The molecule has 0 unspecified atom stereocenters. The van der Waals surface area contributed by atoms with Crippen LogP contribution in [0.15, 0.2) is 77.0 Å². The normalized spacial score (nSPS) is 11.2. The molecule has 0 saturated heterocycles. The molecule has 0 saturated carbocycles. The highest BCUT2D eigenvalue weighted by Gasteiger charge is 2.16. The highest BCUT2D eigenvalue weighted by atomic mass is 35.5. The van der Waals surface area contributed by atoms with E-state index in [1.54, 1.807) is 35.7 Å². The lowest BCUT2D eigenvalue weighted by Crippen LogP contribution is -2.15. The van der Waals surface area contributed by atoms with Crippen molar-refractivity contribution >= 4 is 61.3 Å². The molecular weight excluding hydrogens is 508 g/mol. The molecule has 6 nitrogen and oxygen atoms in total. The molecule has 4 rings (SSSR count). The van der Waals surface area contributed by atoms with Gasteiger partial charge in [-0.25, -0.2) is 17.8 Å². The third-order valence-corrected chi connectivity index (χ3v) is 7.33. The predicted molar refractivity (Wildman–Crippen MR) is 129 cm³/mol. The Balaban J connectivity index is 1.48. The van der Waals surface area contributed by atoms with Crippen LogP contribution in [0.5, 0.6) is 0 Å². The molecule has 0 spiro atoms. The van der Waals surface area contributed by atoms with E-state index in [4.69, 9.17) is 23.2 Å². The van der Waals surface area contributed by atoms with E-state index in [-0.39, 0.29) is 16.1 Å². The van der Waals surface area contributed by atoms with Gasteiger partial charge >= 0.3 is 0 Å². The summed E-state index contributed by atoms with van der Waals surface area (Å²) in [6.07, 6.45) is 0. The number of nitrogens with one attached hydrogen (secondary N) is 2. The zero-order valence-corrected chi connectivity index (χ0v) is 19.7. The van der Waals surface area contributed by atoms with Crippen LogP contribution < -0.4 is 10.0 Å². The number of amides is 1. The molecular formula is C22H14Cl2FN3O3S2. The Labute approximate surface area is 203 Å². The number of thiazole rings is 1. The molecule has 1 heterocycles. The molecule has 0 fully saturated rings. The van der Waals surface area contributed by atoms with E-state index >= 15 is 0 Å². The van der Waals surface area contributed by atoms with E-state index in [1.165, 1.54) is 23.5 Å². The van der Waals surface area contributed by atoms with Crippen molar-refractivity contribution in [3.63, 3.8) is 0 Å². The van der Waals surface area contributed by atoms with Gasteiger partial charge in [-0.2, -0.15) is 0 Å². The zero-order valence-electron chi connectivity index (χ0n) is 16.6. The summed E-state index contributed by atoms with van der Waals surface area (Å²) in [5.41, 5.74) is 1.77. The molecule has 33 heavy (non-hydrogen) atoms. The first kappa shape index (κ1) is 23.2. The summed E-state index contributed by atoms with van der Waals surface area (Å²) in [5, 5.41) is 5.64. The van der Waals surface area contributed by atoms with Gasteiger partial charge in [0.15, 0.2) is 5.13 Å². The van der Waals surface area contributed by atoms with Crippen molar-refractivity contribution < 1.29 is 17.6 Å². The molecule has 0 bridgehead atoms. The zero-order chi connectivity index (χ0) is 23.6. The number of halogens is 3. The molecule has 1 amide bonds. The van der Waals surface area contributed by atoms with Gasteiger partial charge in [-0.15, -0.1) is 11.3 Å². The maximum atomic E-state index is 13.1. The minimum absolute atomic E-state index is 0.101. The van der Waals surface area contributed by atoms with Crippen LogP contribution in [0.4, 0.5) is 15.2 Å². The summed E-state index contributed by atoms with van der Waals surface area (Å²) in [4.78, 5) is 17.0. The Kier molecular flexibility index (Phi) is 6.66. The minimum atomic E-state index is -3.94. The third kappa shape index (κ3) is 5.51. The summed E-state index contributed by atoms with van der Waals surface area (Å²) >= 11 is 13.2. The number of nitrogens with zero attached hydrogens (tertiary/aromatic N) is 1. The molecule has 0 aliphatic carbocycles. The second-order valence-corrected chi connectivity index (χ2v) is 10.1. The van der Waals surface area contributed by atoms with Crippen LogP contribution in [0.2, 0.25) is 10.0 Å². The molecule has 4 aromatic rings. The lowest BCUT2D eigenvalue weighted by molar-refractivity contribution is 0.102. The van der Waals surface area contributed by atoms with Crippen molar-refractivity contribution in [2.75, 3.05) is 10.0 Å². The first-order valence-electron chi connectivity index (χ1n) is 9.32. The standard InChI is InChI=1S/C22H14Cl2FN3O3S2/c23-18-9-4-13(11-19(18)24)20-12-32-22(26-20)27-21(29)14-2-1-3-16(10-14)28-33(30,31)17-7-5-15(25)6-8-17/h1-12,28H,(H,26,27,29). The number of hydrogen-bond acceptors (Lipinski definition) is 5. The van der Waals surface area contributed by atoms with Crippen molar-refractivity contribution in [3.05, 3.63) is 93.5 Å². The van der Waals surface area contributed by atoms with Crippen LogP contribution in [-0.4, -0.2) is 19.3 Å². The Morgan fingerprint density at radius 2 is 1.73 bits per heavy atom. The van der Waals surface area contributed by atoms with Crippen LogP contribution in [0.1, 0.15) is 10.4 Å². The molecule has 0 radical (unpaired) electrons. The molecule has 2 N–H and O–H groups in total. The monoisotopic (exact) mass is 521 g/mol. The van der Waals surface area contributed by atoms with Crippen molar-refractivity contribution in [3.8, 4) is 11.3 Å². The average molecular weight is 522 g/mol. The van der Waals surface area contributed by atoms with Crippen LogP contribution in [-0.2, 0) is 10.0 Å². The van der Waals surface area contributed by atoms with Gasteiger partial charge in [-0.3, -0.25) is 14.8 Å². The highest BCUT2D eigenvalue weighted by molar-refractivity contribution is 7.92. The number of anilines is 2. The quantitative estimate of drug-likeness (QED) is 0.311. The fourth-order valence-electron chi connectivity index (χ4n) is 2.84. The Morgan fingerprint density at radius 1 is 0.970 bits per heavy atom. The van der Waals surface area contributed by atoms with Crippen molar-refractivity contribution in [1.82, 2.24) is 4.98 Å². The lowest BCUT2D eigenvalue weighted by atomic mass is 10.2. The summed E-state index contributed by atoms with van der Waals surface area (Å²) in [5.74, 6) is -1.01. The SMILES string of the molecule is O=C(Nc1nc(-c2ccc(Cl)c(Cl)c2)cs1)c1cccc(NS(=O)(=O)c2ccc(F)cc2)c1. The van der Waals surface area contributed by atoms with Gasteiger partial charge in [0.25, 0.3) is 15.9 Å². The Hall–Kier alpha value is -2.98. The van der Waals surface area contributed by atoms with Gasteiger partial charge in [0, 0.05) is 22.2 Å². The van der Waals surface area contributed by atoms with E-state index in [1.807, 2.05) is 0 Å². The van der Waals surface area contributed by atoms with Gasteiger partial charge in [0.2, 0.25) is 0 Å². The first-order chi connectivity index (χ1) is 15.7. The van der Waals surface area contributed by atoms with Gasteiger partial charge < -0.3 is 0 Å². The van der Waals surface area contributed by atoms with Crippen molar-refractivity contribution in [2.45, 2.75) is 4.90 Å². The molecule has 0 aliphatic heterocycles. The summed E-state index contributed by atoms with van der Waals surface area (Å²) < 4.78 is 40.5. The van der Waals surface area contributed by atoms with Crippen molar-refractivity contribution in [2.24, 2.45) is 0 Å². The molecule has 11 heteroatoms. The molecule has 0 atom stereocenters. The van der Waals surface area contributed by atoms with E-state index in [0.29, 0.717) is 20.9 Å². The summed E-state index contributed by atoms with van der Waals surface area (Å²) in [7, 11) is -3.94. The first-order valence-corrected chi connectivity index (χ1v) is 12.4. The van der Waals surface area contributed by atoms with Crippen LogP contribution in [0.25, 0.3) is 11.3 Å². The summed E-state index contributed by atoms with van der Waals surface area (Å²) in [6, 6.07) is 15.5. The molecule has 3 aromatic carbocycles. The minimum Gasteiger partial charge on any atom is -0.298 e. The van der Waals surface area contributed by atoms with Crippen molar-refractivity contribution in [1.29, 1.82) is 0 Å². The van der Waals surface area contributed by atoms with E-state index < -0.39 is 21.7 Å². The van der Waals surface area contributed by atoms with E-state index in [9.17, 15) is 17.6 Å². The van der Waals surface area contributed by atoms with E-state index in [0.717, 1.165) is 29.8 Å². The van der Waals surface area contributed by atoms with Gasteiger partial charge in [-0.05, 0) is 54.6 Å². The lowest BCUT2D eigenvalue weighted by Gasteiger charge is -2.09.